The number of aliphatic hydroxyl groups excluding tert-OH is 1. The highest BCUT2D eigenvalue weighted by atomic mass is 16.5. The Hall–Kier alpha value is -2.12. The molecule has 1 aliphatic carbocycles. The number of likely N-dealkylation sites (tertiary alicyclic amines) is 2. The van der Waals surface area contributed by atoms with Crippen LogP contribution in [-0.4, -0.2) is 73.2 Å². The molecule has 7 heteroatoms. The van der Waals surface area contributed by atoms with Crippen molar-refractivity contribution in [3.05, 3.63) is 24.3 Å². The van der Waals surface area contributed by atoms with Crippen LogP contribution in [-0.2, 0) is 9.59 Å². The van der Waals surface area contributed by atoms with Crippen molar-refractivity contribution in [2.24, 2.45) is 17.3 Å². The number of aliphatic hydroxyl groups is 1. The summed E-state index contributed by atoms with van der Waals surface area (Å²) >= 11 is 0. The van der Waals surface area contributed by atoms with Gasteiger partial charge in [0.25, 0.3) is 0 Å². The lowest BCUT2D eigenvalue weighted by Gasteiger charge is -2.30. The Labute approximate surface area is 178 Å². The predicted octanol–water partition coefficient (Wildman–Crippen LogP) is 1.97. The lowest BCUT2D eigenvalue weighted by atomic mass is 9.82. The summed E-state index contributed by atoms with van der Waals surface area (Å²) in [7, 11) is 1.58. The van der Waals surface area contributed by atoms with Crippen molar-refractivity contribution in [3.63, 3.8) is 0 Å². The van der Waals surface area contributed by atoms with E-state index in [9.17, 15) is 14.7 Å². The molecule has 4 rings (SSSR count). The average molecular weight is 416 g/mol. The number of rotatable bonds is 6. The second-order valence-corrected chi connectivity index (χ2v) is 9.19. The smallest absolute Gasteiger partial charge is 0.238 e. The normalized spacial score (nSPS) is 27.1. The molecule has 2 aliphatic heterocycles. The summed E-state index contributed by atoms with van der Waals surface area (Å²) in [4.78, 5) is 29.7. The first-order valence-electron chi connectivity index (χ1n) is 11.1. The molecule has 2 heterocycles. The van der Waals surface area contributed by atoms with E-state index < -0.39 is 0 Å². The van der Waals surface area contributed by atoms with E-state index >= 15 is 0 Å². The largest absolute Gasteiger partial charge is 0.495 e. The van der Waals surface area contributed by atoms with Crippen molar-refractivity contribution < 1.29 is 19.4 Å². The summed E-state index contributed by atoms with van der Waals surface area (Å²) in [6.45, 7) is 2.99. The van der Waals surface area contributed by atoms with E-state index in [2.05, 4.69) is 10.2 Å². The molecule has 0 unspecified atom stereocenters. The van der Waals surface area contributed by atoms with Crippen molar-refractivity contribution in [1.82, 2.24) is 9.80 Å². The Morgan fingerprint density at radius 3 is 2.63 bits per heavy atom. The van der Waals surface area contributed by atoms with Crippen LogP contribution in [0.2, 0.25) is 0 Å². The molecule has 0 spiro atoms. The van der Waals surface area contributed by atoms with Gasteiger partial charge in [-0.1, -0.05) is 31.4 Å². The standard InChI is InChI=1S/C23H33N3O4/c1-30-20-10-6-5-9-19(20)24-21(28)13-25-11-18-12-26(15-23(18,14-25)16-27)22(29)17-7-3-2-4-8-17/h5-6,9-10,17-18,27H,2-4,7-8,11-16H2,1H3,(H,24,28)/t18-,23+/m0/s1. The maximum absolute atomic E-state index is 13.0. The van der Waals surface area contributed by atoms with Crippen LogP contribution in [0.15, 0.2) is 24.3 Å². The van der Waals surface area contributed by atoms with Crippen LogP contribution < -0.4 is 10.1 Å². The Bertz CT molecular complexity index is 779. The molecule has 1 aromatic rings. The Kier molecular flexibility index (Phi) is 6.29. The third-order valence-electron chi connectivity index (χ3n) is 7.16. The summed E-state index contributed by atoms with van der Waals surface area (Å²) in [6, 6.07) is 7.35. The van der Waals surface area contributed by atoms with Crippen LogP contribution >= 0.6 is 0 Å². The maximum Gasteiger partial charge on any atom is 0.238 e. The molecule has 3 aliphatic rings. The molecule has 1 aromatic carbocycles. The van der Waals surface area contributed by atoms with Crippen LogP contribution in [0.3, 0.4) is 0 Å². The Balaban J connectivity index is 1.34. The van der Waals surface area contributed by atoms with E-state index in [0.29, 0.717) is 31.1 Å². The van der Waals surface area contributed by atoms with Gasteiger partial charge in [0.05, 0.1) is 25.9 Å². The van der Waals surface area contributed by atoms with E-state index in [1.54, 1.807) is 7.11 Å². The third kappa shape index (κ3) is 4.18. The summed E-state index contributed by atoms with van der Waals surface area (Å²) in [5, 5.41) is 13.1. The fourth-order valence-electron chi connectivity index (χ4n) is 5.55. The number of para-hydroxylation sites is 2. The third-order valence-corrected chi connectivity index (χ3v) is 7.16. The van der Waals surface area contributed by atoms with E-state index in [1.165, 1.54) is 6.42 Å². The van der Waals surface area contributed by atoms with Gasteiger partial charge < -0.3 is 20.1 Å². The zero-order valence-electron chi connectivity index (χ0n) is 17.8. The Morgan fingerprint density at radius 2 is 1.93 bits per heavy atom. The highest BCUT2D eigenvalue weighted by Crippen LogP contribution is 2.43. The predicted molar refractivity (Wildman–Crippen MR) is 114 cm³/mol. The van der Waals surface area contributed by atoms with Gasteiger partial charge in [0.1, 0.15) is 5.75 Å². The number of carbonyl (C=O) groups excluding carboxylic acids is 2. The summed E-state index contributed by atoms with van der Waals surface area (Å²) < 4.78 is 5.30. The average Bonchev–Trinajstić information content (AvgIpc) is 3.28. The molecule has 0 radical (unpaired) electrons. The quantitative estimate of drug-likeness (QED) is 0.742. The van der Waals surface area contributed by atoms with Gasteiger partial charge in [-0.25, -0.2) is 0 Å². The van der Waals surface area contributed by atoms with Crippen LogP contribution in [0.4, 0.5) is 5.69 Å². The monoisotopic (exact) mass is 415 g/mol. The molecule has 2 N–H and O–H groups in total. The number of nitrogens with one attached hydrogen (secondary N) is 1. The number of fused-ring (bicyclic) bond motifs is 1. The fourth-order valence-corrected chi connectivity index (χ4v) is 5.55. The molecule has 7 nitrogen and oxygen atoms in total. The topological polar surface area (TPSA) is 82.1 Å². The van der Waals surface area contributed by atoms with Crippen molar-refractivity contribution >= 4 is 17.5 Å². The maximum atomic E-state index is 13.0. The molecular formula is C23H33N3O4. The van der Waals surface area contributed by atoms with Gasteiger partial charge in [-0.2, -0.15) is 0 Å². The SMILES string of the molecule is COc1ccccc1NC(=O)CN1C[C@H]2CN(C(=O)C3CCCCC3)C[C@@]2(CO)C1. The number of nitrogens with zero attached hydrogens (tertiary/aromatic N) is 2. The molecule has 2 amide bonds. The summed E-state index contributed by atoms with van der Waals surface area (Å²) in [5.74, 6) is 1.19. The van der Waals surface area contributed by atoms with Crippen molar-refractivity contribution in [2.45, 2.75) is 32.1 Å². The lowest BCUT2D eigenvalue weighted by molar-refractivity contribution is -0.136. The molecule has 2 saturated heterocycles. The number of benzene rings is 1. The minimum absolute atomic E-state index is 0.0523. The van der Waals surface area contributed by atoms with Crippen molar-refractivity contribution in [3.8, 4) is 5.75 Å². The molecule has 0 aromatic heterocycles. The van der Waals surface area contributed by atoms with Gasteiger partial charge in [0.2, 0.25) is 11.8 Å². The number of hydrogen-bond donors (Lipinski definition) is 2. The first-order valence-corrected chi connectivity index (χ1v) is 11.1. The lowest BCUT2D eigenvalue weighted by Crippen LogP contribution is -2.42. The zero-order chi connectivity index (χ0) is 21.1. The van der Waals surface area contributed by atoms with Crippen LogP contribution in [0, 0.1) is 17.3 Å². The minimum atomic E-state index is -0.310. The van der Waals surface area contributed by atoms with Crippen molar-refractivity contribution in [1.29, 1.82) is 0 Å². The fraction of sp³-hybridized carbons (Fsp3) is 0.652. The number of methoxy groups -OCH3 is 1. The molecule has 3 fully saturated rings. The number of carbonyl (C=O) groups is 2. The Morgan fingerprint density at radius 1 is 1.17 bits per heavy atom. The van der Waals surface area contributed by atoms with Gasteiger partial charge in [0.15, 0.2) is 0 Å². The zero-order valence-corrected chi connectivity index (χ0v) is 17.8. The second kappa shape index (κ2) is 8.94. The molecule has 1 saturated carbocycles. The summed E-state index contributed by atoms with van der Waals surface area (Å²) in [5.41, 5.74) is 0.347. The minimum Gasteiger partial charge on any atom is -0.495 e. The summed E-state index contributed by atoms with van der Waals surface area (Å²) in [6.07, 6.45) is 5.53. The van der Waals surface area contributed by atoms with Gasteiger partial charge in [-0.15, -0.1) is 0 Å². The first-order chi connectivity index (χ1) is 14.5. The molecule has 164 valence electrons. The molecule has 30 heavy (non-hydrogen) atoms. The highest BCUT2D eigenvalue weighted by molar-refractivity contribution is 5.93. The van der Waals surface area contributed by atoms with Gasteiger partial charge in [0, 0.05) is 37.5 Å². The van der Waals surface area contributed by atoms with E-state index in [4.69, 9.17) is 4.74 Å². The molecule has 0 bridgehead atoms. The van der Waals surface area contributed by atoms with Crippen LogP contribution in [0.1, 0.15) is 32.1 Å². The van der Waals surface area contributed by atoms with Gasteiger partial charge in [-0.3, -0.25) is 14.5 Å². The van der Waals surface area contributed by atoms with Gasteiger partial charge in [-0.05, 0) is 30.9 Å². The highest BCUT2D eigenvalue weighted by Gasteiger charge is 2.53. The number of amides is 2. The van der Waals surface area contributed by atoms with Gasteiger partial charge >= 0.3 is 0 Å². The molecule has 2 atom stereocenters. The second-order valence-electron chi connectivity index (χ2n) is 9.19. The van der Waals surface area contributed by atoms with Crippen molar-refractivity contribution in [2.75, 3.05) is 51.8 Å². The van der Waals surface area contributed by atoms with E-state index in [1.807, 2.05) is 29.2 Å². The number of anilines is 1. The van der Waals surface area contributed by atoms with E-state index in [-0.39, 0.29) is 42.2 Å². The van der Waals surface area contributed by atoms with Crippen LogP contribution in [0.5, 0.6) is 5.75 Å². The van der Waals surface area contributed by atoms with Crippen LogP contribution in [0.25, 0.3) is 0 Å². The number of ether oxygens (including phenoxy) is 1. The first kappa shape index (κ1) is 21.1. The molecular weight excluding hydrogens is 382 g/mol. The van der Waals surface area contributed by atoms with E-state index in [0.717, 1.165) is 32.2 Å². The number of hydrogen-bond acceptors (Lipinski definition) is 5.